The van der Waals surface area contributed by atoms with Gasteiger partial charge in [0, 0.05) is 17.1 Å². The predicted molar refractivity (Wildman–Crippen MR) is 67.8 cm³/mol. The van der Waals surface area contributed by atoms with Gasteiger partial charge in [-0.15, -0.1) is 0 Å². The first kappa shape index (κ1) is 11.9. The molecule has 0 bridgehead atoms. The molecule has 16 heavy (non-hydrogen) atoms. The summed E-state index contributed by atoms with van der Waals surface area (Å²) in [5.74, 6) is 1.92. The number of aromatic nitrogens is 2. The molecule has 1 aliphatic heterocycles. The third-order valence-electron chi connectivity index (χ3n) is 2.81. The van der Waals surface area contributed by atoms with Crippen molar-refractivity contribution in [1.29, 1.82) is 0 Å². The third kappa shape index (κ3) is 3.46. The van der Waals surface area contributed by atoms with Gasteiger partial charge in [0.1, 0.15) is 0 Å². The van der Waals surface area contributed by atoms with Crippen molar-refractivity contribution in [2.75, 3.05) is 18.8 Å². The number of nitrogens with zero attached hydrogens (tertiary/aromatic N) is 2. The molecule has 1 N–H and O–H groups in total. The van der Waals surface area contributed by atoms with E-state index in [-0.39, 0.29) is 0 Å². The normalized spacial score (nSPS) is 21.0. The number of hydrogen-bond donors (Lipinski definition) is 1. The molecule has 1 atom stereocenters. The fourth-order valence-electron chi connectivity index (χ4n) is 2.02. The Kier molecular flexibility index (Phi) is 4.18. The van der Waals surface area contributed by atoms with Crippen LogP contribution in [0.4, 0.5) is 0 Å². The van der Waals surface area contributed by atoms with Gasteiger partial charge < -0.3 is 5.32 Å². The number of aryl methyl sites for hydroxylation is 2. The van der Waals surface area contributed by atoms with Gasteiger partial charge in [-0.2, -0.15) is 0 Å². The summed E-state index contributed by atoms with van der Waals surface area (Å²) in [5.41, 5.74) is 2.13. The average molecular weight is 237 g/mol. The zero-order valence-electron chi connectivity index (χ0n) is 9.99. The molecule has 1 aromatic rings. The van der Waals surface area contributed by atoms with E-state index in [0.717, 1.165) is 34.8 Å². The van der Waals surface area contributed by atoms with Gasteiger partial charge in [-0.05, 0) is 51.8 Å². The standard InChI is InChI=1S/C12H19N3S/c1-9-6-10(2)15-12(14-9)16-8-11-4-3-5-13-7-11/h6,11,13H,3-5,7-8H2,1-2H3/t11-/m1/s1. The maximum absolute atomic E-state index is 4.45. The summed E-state index contributed by atoms with van der Waals surface area (Å²) in [6.45, 7) is 6.39. The molecule has 0 aliphatic carbocycles. The maximum Gasteiger partial charge on any atom is 0.187 e. The quantitative estimate of drug-likeness (QED) is 0.646. The lowest BCUT2D eigenvalue weighted by molar-refractivity contribution is 0.410. The van der Waals surface area contributed by atoms with Crippen LogP contribution in [0.1, 0.15) is 24.2 Å². The summed E-state index contributed by atoms with van der Waals surface area (Å²) in [6, 6.07) is 2.02. The molecule has 0 saturated carbocycles. The Bertz CT molecular complexity index is 328. The number of nitrogens with one attached hydrogen (secondary N) is 1. The van der Waals surface area contributed by atoms with Crippen LogP contribution in [0.15, 0.2) is 11.2 Å². The highest BCUT2D eigenvalue weighted by molar-refractivity contribution is 7.99. The van der Waals surface area contributed by atoms with Crippen LogP contribution >= 0.6 is 11.8 Å². The van der Waals surface area contributed by atoms with Crippen LogP contribution in [-0.2, 0) is 0 Å². The van der Waals surface area contributed by atoms with Crippen molar-refractivity contribution < 1.29 is 0 Å². The Morgan fingerprint density at radius 3 is 2.75 bits per heavy atom. The summed E-state index contributed by atoms with van der Waals surface area (Å²) in [4.78, 5) is 8.90. The van der Waals surface area contributed by atoms with E-state index < -0.39 is 0 Å². The van der Waals surface area contributed by atoms with Crippen molar-refractivity contribution in [2.24, 2.45) is 5.92 Å². The molecule has 0 radical (unpaired) electrons. The van der Waals surface area contributed by atoms with Crippen LogP contribution in [0.3, 0.4) is 0 Å². The van der Waals surface area contributed by atoms with Crippen LogP contribution < -0.4 is 5.32 Å². The lowest BCUT2D eigenvalue weighted by atomic mass is 10.0. The van der Waals surface area contributed by atoms with E-state index in [1.807, 2.05) is 19.9 Å². The van der Waals surface area contributed by atoms with Crippen LogP contribution in [0.25, 0.3) is 0 Å². The summed E-state index contributed by atoms with van der Waals surface area (Å²) in [6.07, 6.45) is 2.64. The van der Waals surface area contributed by atoms with Gasteiger partial charge in [-0.25, -0.2) is 9.97 Å². The molecule has 1 fully saturated rings. The molecule has 1 saturated heterocycles. The van der Waals surface area contributed by atoms with Crippen molar-refractivity contribution in [2.45, 2.75) is 31.8 Å². The van der Waals surface area contributed by atoms with Gasteiger partial charge in [0.2, 0.25) is 0 Å². The van der Waals surface area contributed by atoms with Gasteiger partial charge in [0.05, 0.1) is 0 Å². The second-order valence-electron chi connectivity index (χ2n) is 4.46. The van der Waals surface area contributed by atoms with E-state index in [2.05, 4.69) is 15.3 Å². The first-order valence-electron chi connectivity index (χ1n) is 5.90. The molecule has 2 rings (SSSR count). The van der Waals surface area contributed by atoms with E-state index in [9.17, 15) is 0 Å². The van der Waals surface area contributed by atoms with E-state index in [0.29, 0.717) is 0 Å². The molecule has 2 heterocycles. The number of piperidine rings is 1. The molecule has 0 unspecified atom stereocenters. The fraction of sp³-hybridized carbons (Fsp3) is 0.667. The molecule has 1 aliphatic rings. The first-order chi connectivity index (χ1) is 7.74. The Morgan fingerprint density at radius 2 is 2.12 bits per heavy atom. The van der Waals surface area contributed by atoms with Crippen molar-refractivity contribution in [3.63, 3.8) is 0 Å². The Morgan fingerprint density at radius 1 is 1.38 bits per heavy atom. The smallest absolute Gasteiger partial charge is 0.187 e. The van der Waals surface area contributed by atoms with Crippen molar-refractivity contribution in [3.05, 3.63) is 17.5 Å². The second-order valence-corrected chi connectivity index (χ2v) is 5.44. The Balaban J connectivity index is 1.88. The van der Waals surface area contributed by atoms with Gasteiger partial charge in [0.25, 0.3) is 0 Å². The summed E-state index contributed by atoms with van der Waals surface area (Å²) in [5, 5.41) is 4.37. The molecule has 88 valence electrons. The minimum absolute atomic E-state index is 0.781. The number of hydrogen-bond acceptors (Lipinski definition) is 4. The Hall–Kier alpha value is -0.610. The van der Waals surface area contributed by atoms with Crippen LogP contribution in [0.5, 0.6) is 0 Å². The third-order valence-corrected chi connectivity index (χ3v) is 3.89. The highest BCUT2D eigenvalue weighted by atomic mass is 32.2. The Labute approximate surface area is 101 Å². The summed E-state index contributed by atoms with van der Waals surface area (Å²) >= 11 is 1.79. The monoisotopic (exact) mass is 237 g/mol. The van der Waals surface area contributed by atoms with Crippen LogP contribution in [0, 0.1) is 19.8 Å². The average Bonchev–Trinajstić information content (AvgIpc) is 2.27. The predicted octanol–water partition coefficient (Wildman–Crippen LogP) is 2.19. The molecular formula is C12H19N3S. The topological polar surface area (TPSA) is 37.8 Å². The number of rotatable bonds is 3. The zero-order chi connectivity index (χ0) is 11.4. The first-order valence-corrected chi connectivity index (χ1v) is 6.88. The van der Waals surface area contributed by atoms with Gasteiger partial charge in [-0.3, -0.25) is 0 Å². The molecule has 4 heteroatoms. The molecular weight excluding hydrogens is 218 g/mol. The SMILES string of the molecule is Cc1cc(C)nc(SC[C@@H]2CCCNC2)n1. The molecule has 1 aromatic heterocycles. The van der Waals surface area contributed by atoms with Crippen LogP contribution in [0.2, 0.25) is 0 Å². The van der Waals surface area contributed by atoms with Gasteiger partial charge in [-0.1, -0.05) is 11.8 Å². The van der Waals surface area contributed by atoms with E-state index >= 15 is 0 Å². The van der Waals surface area contributed by atoms with Crippen molar-refractivity contribution >= 4 is 11.8 Å². The minimum atomic E-state index is 0.781. The highest BCUT2D eigenvalue weighted by Gasteiger charge is 2.13. The lowest BCUT2D eigenvalue weighted by Crippen LogP contribution is -2.30. The molecule has 0 amide bonds. The molecule has 0 aromatic carbocycles. The summed E-state index contributed by atoms with van der Waals surface area (Å²) < 4.78 is 0. The maximum atomic E-state index is 4.45. The fourth-order valence-corrected chi connectivity index (χ4v) is 3.10. The van der Waals surface area contributed by atoms with Crippen molar-refractivity contribution in [1.82, 2.24) is 15.3 Å². The highest BCUT2D eigenvalue weighted by Crippen LogP contribution is 2.21. The van der Waals surface area contributed by atoms with Crippen LogP contribution in [-0.4, -0.2) is 28.8 Å². The van der Waals surface area contributed by atoms with E-state index in [1.54, 1.807) is 11.8 Å². The van der Waals surface area contributed by atoms with Gasteiger partial charge in [0.15, 0.2) is 5.16 Å². The van der Waals surface area contributed by atoms with E-state index in [4.69, 9.17) is 0 Å². The number of thioether (sulfide) groups is 1. The van der Waals surface area contributed by atoms with E-state index in [1.165, 1.54) is 19.4 Å². The molecule has 3 nitrogen and oxygen atoms in total. The zero-order valence-corrected chi connectivity index (χ0v) is 10.8. The molecule has 0 spiro atoms. The summed E-state index contributed by atoms with van der Waals surface area (Å²) in [7, 11) is 0. The lowest BCUT2D eigenvalue weighted by Gasteiger charge is -2.21. The van der Waals surface area contributed by atoms with Gasteiger partial charge >= 0.3 is 0 Å². The second kappa shape index (κ2) is 5.64. The minimum Gasteiger partial charge on any atom is -0.316 e. The largest absolute Gasteiger partial charge is 0.316 e. The van der Waals surface area contributed by atoms with Crippen molar-refractivity contribution in [3.8, 4) is 0 Å².